The van der Waals surface area contributed by atoms with Crippen LogP contribution in [0.25, 0.3) is 0 Å². The van der Waals surface area contributed by atoms with E-state index in [-0.39, 0.29) is 6.03 Å². The minimum absolute atomic E-state index is 0.316. The van der Waals surface area contributed by atoms with Crippen LogP contribution in [0.5, 0.6) is 0 Å². The summed E-state index contributed by atoms with van der Waals surface area (Å²) in [6, 6.07) is -0.316. The summed E-state index contributed by atoms with van der Waals surface area (Å²) >= 11 is 0. The highest BCUT2D eigenvalue weighted by atomic mass is 16.5. The van der Waals surface area contributed by atoms with Crippen LogP contribution in [0.4, 0.5) is 4.79 Å². The molecule has 2 N–H and O–H groups in total. The Labute approximate surface area is 120 Å². The van der Waals surface area contributed by atoms with Gasteiger partial charge in [0.1, 0.15) is 5.54 Å². The molecule has 1 unspecified atom stereocenters. The van der Waals surface area contributed by atoms with Crippen molar-refractivity contribution in [2.75, 3.05) is 20.2 Å². The number of carboxylic acid groups (broad SMARTS) is 1. The SMILES string of the molecule is CCCC1(C(=O)O)CCCN1C(=O)NCC(C)(C)OC. The molecule has 1 rings (SSSR count). The minimum Gasteiger partial charge on any atom is -0.479 e. The van der Waals surface area contributed by atoms with Gasteiger partial charge in [-0.25, -0.2) is 9.59 Å². The molecule has 0 radical (unpaired) electrons. The highest BCUT2D eigenvalue weighted by Crippen LogP contribution is 2.34. The van der Waals surface area contributed by atoms with Crippen LogP contribution in [0, 0.1) is 0 Å². The van der Waals surface area contributed by atoms with Gasteiger partial charge in [0, 0.05) is 20.2 Å². The smallest absolute Gasteiger partial charge is 0.329 e. The van der Waals surface area contributed by atoms with Crippen molar-refractivity contribution in [1.29, 1.82) is 0 Å². The summed E-state index contributed by atoms with van der Waals surface area (Å²) in [5.74, 6) is -0.905. The number of nitrogens with one attached hydrogen (secondary N) is 1. The van der Waals surface area contributed by atoms with Gasteiger partial charge in [0.25, 0.3) is 0 Å². The van der Waals surface area contributed by atoms with Crippen LogP contribution in [0.1, 0.15) is 46.5 Å². The third-order valence-corrected chi connectivity index (χ3v) is 4.01. The van der Waals surface area contributed by atoms with Crippen molar-refractivity contribution in [2.45, 2.75) is 57.6 Å². The quantitative estimate of drug-likeness (QED) is 0.781. The van der Waals surface area contributed by atoms with Crippen LogP contribution >= 0.6 is 0 Å². The third kappa shape index (κ3) is 3.42. The maximum atomic E-state index is 12.3. The third-order valence-electron chi connectivity index (χ3n) is 4.01. The number of nitrogens with zero attached hydrogens (tertiary/aromatic N) is 1. The fourth-order valence-electron chi connectivity index (χ4n) is 2.63. The largest absolute Gasteiger partial charge is 0.479 e. The molecule has 1 saturated heterocycles. The van der Waals surface area contributed by atoms with Crippen molar-refractivity contribution in [3.05, 3.63) is 0 Å². The highest BCUT2D eigenvalue weighted by Gasteiger charge is 2.49. The molecule has 0 bridgehead atoms. The molecule has 0 aromatic heterocycles. The van der Waals surface area contributed by atoms with Gasteiger partial charge >= 0.3 is 12.0 Å². The molecule has 2 amide bonds. The Kier molecular flexibility index (Phi) is 5.39. The maximum Gasteiger partial charge on any atom is 0.329 e. The summed E-state index contributed by atoms with van der Waals surface area (Å²) in [6.07, 6.45) is 2.48. The first kappa shape index (κ1) is 16.8. The fraction of sp³-hybridized carbons (Fsp3) is 0.857. The number of likely N-dealkylation sites (tertiary alicyclic amines) is 1. The van der Waals surface area contributed by atoms with E-state index in [9.17, 15) is 14.7 Å². The van der Waals surface area contributed by atoms with E-state index in [1.165, 1.54) is 4.90 Å². The van der Waals surface area contributed by atoms with Crippen molar-refractivity contribution in [1.82, 2.24) is 10.2 Å². The monoisotopic (exact) mass is 286 g/mol. The average Bonchev–Trinajstić information content (AvgIpc) is 2.82. The van der Waals surface area contributed by atoms with Gasteiger partial charge in [0.15, 0.2) is 0 Å². The number of hydrogen-bond acceptors (Lipinski definition) is 3. The van der Waals surface area contributed by atoms with Gasteiger partial charge in [0.05, 0.1) is 5.60 Å². The number of methoxy groups -OCH3 is 1. The number of ether oxygens (including phenoxy) is 1. The Hall–Kier alpha value is -1.30. The van der Waals surface area contributed by atoms with Crippen LogP contribution in [0.15, 0.2) is 0 Å². The first-order valence-electron chi connectivity index (χ1n) is 7.13. The molecule has 6 heteroatoms. The Morgan fingerprint density at radius 1 is 1.45 bits per heavy atom. The van der Waals surface area contributed by atoms with E-state index in [1.54, 1.807) is 7.11 Å². The van der Waals surface area contributed by atoms with E-state index in [1.807, 2.05) is 20.8 Å². The molecule has 1 aliphatic heterocycles. The second kappa shape index (κ2) is 6.43. The lowest BCUT2D eigenvalue weighted by Crippen LogP contribution is -2.57. The molecule has 1 fully saturated rings. The summed E-state index contributed by atoms with van der Waals surface area (Å²) < 4.78 is 5.25. The van der Waals surface area contributed by atoms with Gasteiger partial charge in [-0.3, -0.25) is 0 Å². The number of amides is 2. The molecule has 0 aromatic carbocycles. The molecule has 0 spiro atoms. The van der Waals surface area contributed by atoms with Gasteiger partial charge in [-0.15, -0.1) is 0 Å². The first-order chi connectivity index (χ1) is 9.29. The van der Waals surface area contributed by atoms with E-state index in [0.29, 0.717) is 25.9 Å². The van der Waals surface area contributed by atoms with Gasteiger partial charge in [-0.1, -0.05) is 13.3 Å². The van der Waals surface area contributed by atoms with Crippen molar-refractivity contribution >= 4 is 12.0 Å². The fourth-order valence-corrected chi connectivity index (χ4v) is 2.63. The lowest BCUT2D eigenvalue weighted by Gasteiger charge is -2.35. The molecule has 0 aliphatic carbocycles. The number of hydrogen-bond donors (Lipinski definition) is 2. The van der Waals surface area contributed by atoms with Crippen LogP contribution in [0.2, 0.25) is 0 Å². The minimum atomic E-state index is -1.05. The van der Waals surface area contributed by atoms with E-state index in [4.69, 9.17) is 4.74 Å². The molecule has 0 aromatic rings. The molecule has 1 atom stereocenters. The Bertz CT molecular complexity index is 370. The van der Waals surface area contributed by atoms with E-state index in [0.717, 1.165) is 12.8 Å². The molecule has 6 nitrogen and oxygen atoms in total. The molecule has 20 heavy (non-hydrogen) atoms. The number of carboxylic acids is 1. The average molecular weight is 286 g/mol. The van der Waals surface area contributed by atoms with Gasteiger partial charge < -0.3 is 20.1 Å². The van der Waals surface area contributed by atoms with Crippen molar-refractivity contribution < 1.29 is 19.4 Å². The summed E-state index contributed by atoms with van der Waals surface area (Å²) in [7, 11) is 1.58. The lowest BCUT2D eigenvalue weighted by molar-refractivity contribution is -0.148. The standard InChI is InChI=1S/C14H26N2O4/c1-5-7-14(11(17)18)8-6-9-16(14)12(19)15-10-13(2,3)20-4/h5-10H2,1-4H3,(H,15,19)(H,17,18). The Morgan fingerprint density at radius 3 is 2.60 bits per heavy atom. The molecular weight excluding hydrogens is 260 g/mol. The Morgan fingerprint density at radius 2 is 2.10 bits per heavy atom. The predicted octanol–water partition coefficient (Wildman–Crippen LogP) is 1.84. The molecule has 1 heterocycles. The zero-order valence-electron chi connectivity index (χ0n) is 12.9. The van der Waals surface area contributed by atoms with Crippen LogP contribution in [-0.2, 0) is 9.53 Å². The van der Waals surface area contributed by atoms with Gasteiger partial charge in [0.2, 0.25) is 0 Å². The summed E-state index contributed by atoms with van der Waals surface area (Å²) in [5, 5.41) is 12.3. The predicted molar refractivity (Wildman–Crippen MR) is 75.7 cm³/mol. The normalized spacial score (nSPS) is 22.9. The number of carbonyl (C=O) groups excluding carboxylic acids is 1. The van der Waals surface area contributed by atoms with Crippen LogP contribution < -0.4 is 5.32 Å². The number of carbonyl (C=O) groups is 2. The second-order valence-corrected chi connectivity index (χ2v) is 5.96. The molecule has 0 saturated carbocycles. The zero-order valence-corrected chi connectivity index (χ0v) is 12.9. The molecule has 1 aliphatic rings. The van der Waals surface area contributed by atoms with E-state index < -0.39 is 17.1 Å². The highest BCUT2D eigenvalue weighted by molar-refractivity contribution is 5.87. The number of urea groups is 1. The lowest BCUT2D eigenvalue weighted by atomic mass is 9.91. The summed E-state index contributed by atoms with van der Waals surface area (Å²) in [5.41, 5.74) is -1.51. The van der Waals surface area contributed by atoms with Crippen molar-refractivity contribution in [2.24, 2.45) is 0 Å². The summed E-state index contributed by atoms with van der Waals surface area (Å²) in [6.45, 7) is 6.51. The van der Waals surface area contributed by atoms with Gasteiger partial charge in [-0.05, 0) is 33.1 Å². The molecule has 116 valence electrons. The Balaban J connectivity index is 2.77. The van der Waals surface area contributed by atoms with Gasteiger partial charge in [-0.2, -0.15) is 0 Å². The topological polar surface area (TPSA) is 78.9 Å². The van der Waals surface area contributed by atoms with E-state index >= 15 is 0 Å². The van der Waals surface area contributed by atoms with Crippen LogP contribution in [0.3, 0.4) is 0 Å². The van der Waals surface area contributed by atoms with Crippen molar-refractivity contribution in [3.8, 4) is 0 Å². The second-order valence-electron chi connectivity index (χ2n) is 5.96. The van der Waals surface area contributed by atoms with Crippen LogP contribution in [-0.4, -0.2) is 53.3 Å². The van der Waals surface area contributed by atoms with E-state index in [2.05, 4.69) is 5.32 Å². The summed E-state index contributed by atoms with van der Waals surface area (Å²) in [4.78, 5) is 25.4. The number of aliphatic carboxylic acids is 1. The molecular formula is C14H26N2O4. The van der Waals surface area contributed by atoms with Crippen molar-refractivity contribution in [3.63, 3.8) is 0 Å². The first-order valence-corrected chi connectivity index (χ1v) is 7.13. The zero-order chi connectivity index (χ0) is 15.4. The maximum absolute atomic E-state index is 12.3. The number of rotatable bonds is 6.